The molecular formula is C25H32F2N2O3. The second kappa shape index (κ2) is 11.4. The third kappa shape index (κ3) is 7.00. The molecule has 1 amide bonds. The highest BCUT2D eigenvalue weighted by Crippen LogP contribution is 2.23. The van der Waals surface area contributed by atoms with Crippen LogP contribution in [0.25, 0.3) is 0 Å². The predicted molar refractivity (Wildman–Crippen MR) is 120 cm³/mol. The number of benzene rings is 2. The number of ether oxygens (including phenoxy) is 1. The molecule has 7 heteroatoms. The minimum atomic E-state index is -0.884. The lowest BCUT2D eigenvalue weighted by Gasteiger charge is -2.37. The minimum Gasteiger partial charge on any atom is -0.497 e. The molecule has 1 saturated heterocycles. The highest BCUT2D eigenvalue weighted by Gasteiger charge is 2.32. The minimum absolute atomic E-state index is 0.141. The molecule has 2 aromatic carbocycles. The number of nitrogens with one attached hydrogen (secondary N) is 2. The lowest BCUT2D eigenvalue weighted by molar-refractivity contribution is -0.120. The van der Waals surface area contributed by atoms with Crippen LogP contribution in [-0.2, 0) is 17.6 Å². The van der Waals surface area contributed by atoms with E-state index in [4.69, 9.17) is 4.74 Å². The number of halogens is 2. The van der Waals surface area contributed by atoms with Gasteiger partial charge in [0.05, 0.1) is 19.3 Å². The fraction of sp³-hybridized carbons (Fsp3) is 0.480. The number of aliphatic hydroxyl groups is 1. The summed E-state index contributed by atoms with van der Waals surface area (Å²) in [5.74, 6) is -0.815. The van der Waals surface area contributed by atoms with Crippen molar-refractivity contribution in [3.63, 3.8) is 0 Å². The fourth-order valence-corrected chi connectivity index (χ4v) is 4.50. The van der Waals surface area contributed by atoms with Gasteiger partial charge in [-0.1, -0.05) is 18.6 Å². The second-order valence-electron chi connectivity index (χ2n) is 8.57. The largest absolute Gasteiger partial charge is 0.497 e. The van der Waals surface area contributed by atoms with Gasteiger partial charge in [0.2, 0.25) is 5.91 Å². The van der Waals surface area contributed by atoms with E-state index in [0.29, 0.717) is 5.56 Å². The summed E-state index contributed by atoms with van der Waals surface area (Å²) in [5.41, 5.74) is 1.59. The van der Waals surface area contributed by atoms with E-state index in [-0.39, 0.29) is 24.4 Å². The Balaban J connectivity index is 1.63. The Labute approximate surface area is 188 Å². The van der Waals surface area contributed by atoms with E-state index in [1.54, 1.807) is 7.11 Å². The van der Waals surface area contributed by atoms with Crippen LogP contribution in [0.3, 0.4) is 0 Å². The molecule has 0 radical (unpaired) electrons. The lowest BCUT2D eigenvalue weighted by atomic mass is 9.87. The predicted octanol–water partition coefficient (Wildman–Crippen LogP) is 3.53. The first kappa shape index (κ1) is 24.1. The summed E-state index contributed by atoms with van der Waals surface area (Å²) in [6.45, 7) is 1.37. The Morgan fingerprint density at radius 1 is 1.19 bits per heavy atom. The van der Waals surface area contributed by atoms with Crippen LogP contribution >= 0.6 is 0 Å². The Hall–Kier alpha value is -2.51. The summed E-state index contributed by atoms with van der Waals surface area (Å²) >= 11 is 0. The number of carbonyl (C=O) groups excluding carboxylic acids is 1. The van der Waals surface area contributed by atoms with Crippen molar-refractivity contribution in [3.05, 3.63) is 65.2 Å². The van der Waals surface area contributed by atoms with Crippen LogP contribution < -0.4 is 15.4 Å². The smallest absolute Gasteiger partial charge is 0.217 e. The maximum Gasteiger partial charge on any atom is 0.217 e. The van der Waals surface area contributed by atoms with Gasteiger partial charge in [-0.05, 0) is 67.5 Å². The van der Waals surface area contributed by atoms with Gasteiger partial charge in [0.15, 0.2) is 0 Å². The summed E-state index contributed by atoms with van der Waals surface area (Å²) in [4.78, 5) is 11.7. The van der Waals surface area contributed by atoms with Crippen LogP contribution in [0, 0.1) is 11.6 Å². The molecule has 1 aliphatic rings. The van der Waals surface area contributed by atoms with Crippen molar-refractivity contribution in [2.24, 2.45) is 0 Å². The molecular weight excluding hydrogens is 414 g/mol. The van der Waals surface area contributed by atoms with Gasteiger partial charge in [-0.2, -0.15) is 0 Å². The van der Waals surface area contributed by atoms with E-state index in [1.807, 2.05) is 18.2 Å². The molecule has 1 aliphatic heterocycles. The summed E-state index contributed by atoms with van der Waals surface area (Å²) < 4.78 is 32.5. The number of piperidine rings is 1. The molecule has 0 spiro atoms. The number of aliphatic hydroxyl groups excluding tert-OH is 1. The van der Waals surface area contributed by atoms with Crippen molar-refractivity contribution in [2.45, 2.75) is 69.7 Å². The zero-order valence-electron chi connectivity index (χ0n) is 18.6. The summed E-state index contributed by atoms with van der Waals surface area (Å²) in [6, 6.07) is 10.6. The van der Waals surface area contributed by atoms with Gasteiger partial charge in [-0.25, -0.2) is 8.78 Å². The number of hydrogen-bond acceptors (Lipinski definition) is 4. The van der Waals surface area contributed by atoms with Crippen molar-refractivity contribution in [1.82, 2.24) is 10.6 Å². The average Bonchev–Trinajstić information content (AvgIpc) is 2.76. The van der Waals surface area contributed by atoms with Crippen LogP contribution in [0.5, 0.6) is 5.75 Å². The fourth-order valence-electron chi connectivity index (χ4n) is 4.50. The highest BCUT2D eigenvalue weighted by atomic mass is 19.1. The van der Waals surface area contributed by atoms with Crippen LogP contribution in [-0.4, -0.2) is 42.4 Å². The van der Waals surface area contributed by atoms with Gasteiger partial charge in [0.1, 0.15) is 17.4 Å². The van der Waals surface area contributed by atoms with Crippen LogP contribution in [0.4, 0.5) is 8.78 Å². The normalized spacial score (nSPS) is 20.4. The number of hydrogen-bond donors (Lipinski definition) is 3. The number of aryl methyl sites for hydroxylation is 1. The standard InChI is InChI=1S/C25H32F2N2O3/c1-16(30)28-24(14-18-11-19(26)15-20(27)12-18)25(31)23-8-4-6-21(29-23)10-9-17-5-3-7-22(13-17)32-2/h3,5,7,11-13,15,21,23-25,29,31H,4,6,8-10,14H2,1-2H3,(H,28,30). The first-order valence-electron chi connectivity index (χ1n) is 11.1. The summed E-state index contributed by atoms with van der Waals surface area (Å²) in [6.07, 6.45) is 3.79. The second-order valence-corrected chi connectivity index (χ2v) is 8.57. The van der Waals surface area contributed by atoms with E-state index < -0.39 is 23.8 Å². The Bertz CT molecular complexity index is 888. The summed E-state index contributed by atoms with van der Waals surface area (Å²) in [7, 11) is 1.65. The number of rotatable bonds is 9. The molecule has 4 unspecified atom stereocenters. The van der Waals surface area contributed by atoms with Crippen molar-refractivity contribution < 1.29 is 23.4 Å². The number of carbonyl (C=O) groups is 1. The van der Waals surface area contributed by atoms with Crippen molar-refractivity contribution in [2.75, 3.05) is 7.11 Å². The van der Waals surface area contributed by atoms with Gasteiger partial charge >= 0.3 is 0 Å². The molecule has 4 atom stereocenters. The molecule has 0 bridgehead atoms. The SMILES string of the molecule is COc1cccc(CCC2CCCC(C(O)C(Cc3cc(F)cc(F)c3)NC(C)=O)N2)c1. The molecule has 3 N–H and O–H groups in total. The van der Waals surface area contributed by atoms with E-state index in [9.17, 15) is 18.7 Å². The molecule has 5 nitrogen and oxygen atoms in total. The number of methoxy groups -OCH3 is 1. The molecule has 0 saturated carbocycles. The Morgan fingerprint density at radius 3 is 2.62 bits per heavy atom. The monoisotopic (exact) mass is 446 g/mol. The zero-order chi connectivity index (χ0) is 23.1. The maximum atomic E-state index is 13.6. The van der Waals surface area contributed by atoms with Crippen LogP contribution in [0.1, 0.15) is 43.7 Å². The maximum absolute atomic E-state index is 13.6. The van der Waals surface area contributed by atoms with Crippen molar-refractivity contribution in [1.29, 1.82) is 0 Å². The molecule has 1 heterocycles. The van der Waals surface area contributed by atoms with Gasteiger partial charge < -0.3 is 20.5 Å². The molecule has 1 fully saturated rings. The Morgan fingerprint density at radius 2 is 1.94 bits per heavy atom. The first-order chi connectivity index (χ1) is 15.3. The van der Waals surface area contributed by atoms with Crippen molar-refractivity contribution >= 4 is 5.91 Å². The molecule has 0 aromatic heterocycles. The average molecular weight is 447 g/mol. The van der Waals surface area contributed by atoms with Crippen LogP contribution in [0.15, 0.2) is 42.5 Å². The summed E-state index contributed by atoms with van der Waals surface area (Å²) in [5, 5.41) is 17.4. The molecule has 3 rings (SSSR count). The van der Waals surface area contributed by atoms with Crippen molar-refractivity contribution in [3.8, 4) is 5.75 Å². The van der Waals surface area contributed by atoms with Crippen LogP contribution in [0.2, 0.25) is 0 Å². The van der Waals surface area contributed by atoms with Gasteiger partial charge in [-0.3, -0.25) is 4.79 Å². The van der Waals surface area contributed by atoms with Gasteiger partial charge in [0, 0.05) is 25.1 Å². The first-order valence-corrected chi connectivity index (χ1v) is 11.1. The number of amides is 1. The van der Waals surface area contributed by atoms with Gasteiger partial charge in [-0.15, -0.1) is 0 Å². The third-order valence-electron chi connectivity index (χ3n) is 6.02. The quantitative estimate of drug-likeness (QED) is 0.551. The molecule has 2 aromatic rings. The molecule has 32 heavy (non-hydrogen) atoms. The third-order valence-corrected chi connectivity index (χ3v) is 6.02. The van der Waals surface area contributed by atoms with E-state index in [2.05, 4.69) is 16.7 Å². The van der Waals surface area contributed by atoms with E-state index >= 15 is 0 Å². The van der Waals surface area contributed by atoms with E-state index in [0.717, 1.165) is 43.9 Å². The molecule has 0 aliphatic carbocycles. The lowest BCUT2D eigenvalue weighted by Crippen LogP contribution is -2.57. The topological polar surface area (TPSA) is 70.6 Å². The Kier molecular flexibility index (Phi) is 8.59. The molecule has 174 valence electrons. The van der Waals surface area contributed by atoms with Gasteiger partial charge in [0.25, 0.3) is 0 Å². The van der Waals surface area contributed by atoms with E-state index in [1.165, 1.54) is 24.6 Å². The highest BCUT2D eigenvalue weighted by molar-refractivity contribution is 5.73. The zero-order valence-corrected chi connectivity index (χ0v) is 18.6.